The maximum Gasteiger partial charge on any atom is 0.00767 e. The van der Waals surface area contributed by atoms with Crippen LogP contribution in [0.1, 0.15) is 36.5 Å². The summed E-state index contributed by atoms with van der Waals surface area (Å²) in [5, 5.41) is 5.59. The van der Waals surface area contributed by atoms with Crippen LogP contribution in [0, 0.1) is 0 Å². The Labute approximate surface area is 84.2 Å². The van der Waals surface area contributed by atoms with Gasteiger partial charge in [0.2, 0.25) is 0 Å². The zero-order chi connectivity index (χ0) is 9.10. The van der Waals surface area contributed by atoms with E-state index in [9.17, 15) is 0 Å². The fourth-order valence-electron chi connectivity index (χ4n) is 2.23. The molecule has 1 aliphatic rings. The zero-order valence-corrected chi connectivity index (χ0v) is 8.94. The molecule has 0 radical (unpaired) electrons. The van der Waals surface area contributed by atoms with Crippen molar-refractivity contribution in [3.63, 3.8) is 0 Å². The van der Waals surface area contributed by atoms with Gasteiger partial charge in [-0.1, -0.05) is 12.5 Å². The Kier molecular flexibility index (Phi) is 3.01. The summed E-state index contributed by atoms with van der Waals surface area (Å²) in [5.41, 5.74) is 0. The summed E-state index contributed by atoms with van der Waals surface area (Å²) in [4.78, 5) is 1.58. The minimum atomic E-state index is 0.751. The van der Waals surface area contributed by atoms with Crippen molar-refractivity contribution >= 4 is 11.3 Å². The van der Waals surface area contributed by atoms with Crippen LogP contribution in [0.5, 0.6) is 0 Å². The number of rotatable bonds is 2. The maximum atomic E-state index is 3.40. The largest absolute Gasteiger partial charge is 0.317 e. The molecule has 0 aliphatic heterocycles. The van der Waals surface area contributed by atoms with Crippen LogP contribution >= 0.6 is 11.3 Å². The first kappa shape index (κ1) is 9.22. The van der Waals surface area contributed by atoms with E-state index >= 15 is 0 Å². The summed E-state index contributed by atoms with van der Waals surface area (Å²) in [6.07, 6.45) is 5.46. The molecule has 1 saturated carbocycles. The highest BCUT2D eigenvalue weighted by Gasteiger charge is 2.22. The van der Waals surface area contributed by atoms with Gasteiger partial charge in [0.1, 0.15) is 0 Å². The van der Waals surface area contributed by atoms with Gasteiger partial charge in [-0.25, -0.2) is 0 Å². The quantitative estimate of drug-likeness (QED) is 0.765. The first-order valence-electron chi connectivity index (χ1n) is 5.11. The Bertz CT molecular complexity index is 243. The van der Waals surface area contributed by atoms with Gasteiger partial charge in [0.15, 0.2) is 0 Å². The average Bonchev–Trinajstić information content (AvgIpc) is 2.71. The van der Waals surface area contributed by atoms with Crippen LogP contribution in [-0.2, 0) is 0 Å². The molecule has 1 nitrogen and oxygen atoms in total. The minimum Gasteiger partial charge on any atom is -0.317 e. The van der Waals surface area contributed by atoms with Crippen molar-refractivity contribution in [2.45, 2.75) is 37.6 Å². The summed E-state index contributed by atoms with van der Waals surface area (Å²) in [6.45, 7) is 0. The van der Waals surface area contributed by atoms with E-state index in [1.54, 1.807) is 4.88 Å². The number of thiophene rings is 1. The highest BCUT2D eigenvalue weighted by atomic mass is 32.1. The summed E-state index contributed by atoms with van der Waals surface area (Å²) in [5.74, 6) is 0.825. The molecular weight excluding hydrogens is 178 g/mol. The molecular formula is C11H17NS. The molecule has 1 heterocycles. The standard InChI is InChI=1S/C11H17NS/c1-12-10-5-2-4-9(8-10)11-6-3-7-13-11/h3,6-7,9-10,12H,2,4-5,8H2,1H3. The third-order valence-corrected chi connectivity index (χ3v) is 4.06. The normalized spacial score (nSPS) is 29.0. The average molecular weight is 195 g/mol. The second kappa shape index (κ2) is 4.25. The number of hydrogen-bond donors (Lipinski definition) is 1. The Morgan fingerprint density at radius 1 is 1.46 bits per heavy atom. The molecule has 2 unspecified atom stereocenters. The van der Waals surface area contributed by atoms with E-state index in [2.05, 4.69) is 29.9 Å². The summed E-state index contributed by atoms with van der Waals surface area (Å²) in [6, 6.07) is 5.21. The van der Waals surface area contributed by atoms with Crippen LogP contribution in [-0.4, -0.2) is 13.1 Å². The molecule has 0 aromatic carbocycles. The van der Waals surface area contributed by atoms with Gasteiger partial charge >= 0.3 is 0 Å². The molecule has 1 fully saturated rings. The van der Waals surface area contributed by atoms with E-state index in [4.69, 9.17) is 0 Å². The highest BCUT2D eigenvalue weighted by molar-refractivity contribution is 7.10. The number of nitrogens with one attached hydrogen (secondary N) is 1. The molecule has 0 spiro atoms. The lowest BCUT2D eigenvalue weighted by Gasteiger charge is -2.28. The molecule has 1 N–H and O–H groups in total. The second-order valence-corrected chi connectivity index (χ2v) is 4.84. The monoisotopic (exact) mass is 195 g/mol. The van der Waals surface area contributed by atoms with E-state index in [0.717, 1.165) is 12.0 Å². The molecule has 2 rings (SSSR count). The van der Waals surface area contributed by atoms with Crippen molar-refractivity contribution in [2.75, 3.05) is 7.05 Å². The van der Waals surface area contributed by atoms with Crippen molar-refractivity contribution in [3.8, 4) is 0 Å². The smallest absolute Gasteiger partial charge is 0.00767 e. The van der Waals surface area contributed by atoms with Crippen LogP contribution in [0.2, 0.25) is 0 Å². The molecule has 1 aromatic rings. The zero-order valence-electron chi connectivity index (χ0n) is 8.12. The predicted octanol–water partition coefficient (Wildman–Crippen LogP) is 2.99. The van der Waals surface area contributed by atoms with Crippen molar-refractivity contribution in [1.29, 1.82) is 0 Å². The predicted molar refractivity (Wildman–Crippen MR) is 58.4 cm³/mol. The lowest BCUT2D eigenvalue weighted by atomic mass is 9.85. The van der Waals surface area contributed by atoms with Crippen LogP contribution in [0.4, 0.5) is 0 Å². The fraction of sp³-hybridized carbons (Fsp3) is 0.636. The minimum absolute atomic E-state index is 0.751. The first-order chi connectivity index (χ1) is 6.40. The third-order valence-electron chi connectivity index (χ3n) is 3.03. The molecule has 0 saturated heterocycles. The molecule has 2 heteroatoms. The van der Waals surface area contributed by atoms with E-state index in [0.29, 0.717) is 0 Å². The Morgan fingerprint density at radius 2 is 2.38 bits per heavy atom. The van der Waals surface area contributed by atoms with Crippen LogP contribution in [0.25, 0.3) is 0 Å². The first-order valence-corrected chi connectivity index (χ1v) is 5.99. The summed E-state index contributed by atoms with van der Waals surface area (Å²) in [7, 11) is 2.08. The SMILES string of the molecule is CNC1CCCC(c2cccs2)C1. The molecule has 2 atom stereocenters. The molecule has 0 amide bonds. The van der Waals surface area contributed by atoms with Gasteiger partial charge < -0.3 is 5.32 Å². The summed E-state index contributed by atoms with van der Waals surface area (Å²) < 4.78 is 0. The van der Waals surface area contributed by atoms with Gasteiger partial charge in [-0.3, -0.25) is 0 Å². The maximum absolute atomic E-state index is 3.40. The van der Waals surface area contributed by atoms with Crippen molar-refractivity contribution in [3.05, 3.63) is 22.4 Å². The van der Waals surface area contributed by atoms with Crippen molar-refractivity contribution < 1.29 is 0 Å². The van der Waals surface area contributed by atoms with E-state index in [1.807, 2.05) is 11.3 Å². The molecule has 72 valence electrons. The van der Waals surface area contributed by atoms with Gasteiger partial charge in [-0.05, 0) is 43.7 Å². The summed E-state index contributed by atoms with van der Waals surface area (Å²) >= 11 is 1.91. The lowest BCUT2D eigenvalue weighted by Crippen LogP contribution is -2.30. The van der Waals surface area contributed by atoms with Gasteiger partial charge in [0.05, 0.1) is 0 Å². The van der Waals surface area contributed by atoms with Gasteiger partial charge in [-0.2, -0.15) is 0 Å². The topological polar surface area (TPSA) is 12.0 Å². The van der Waals surface area contributed by atoms with Crippen LogP contribution in [0.15, 0.2) is 17.5 Å². The Morgan fingerprint density at radius 3 is 3.08 bits per heavy atom. The Balaban J connectivity index is 2.00. The van der Waals surface area contributed by atoms with E-state index in [-0.39, 0.29) is 0 Å². The molecule has 0 bridgehead atoms. The second-order valence-electron chi connectivity index (χ2n) is 3.86. The van der Waals surface area contributed by atoms with Gasteiger partial charge in [0.25, 0.3) is 0 Å². The van der Waals surface area contributed by atoms with E-state index in [1.165, 1.54) is 25.7 Å². The van der Waals surface area contributed by atoms with Gasteiger partial charge in [0, 0.05) is 10.9 Å². The lowest BCUT2D eigenvalue weighted by molar-refractivity contribution is 0.358. The highest BCUT2D eigenvalue weighted by Crippen LogP contribution is 2.34. The van der Waals surface area contributed by atoms with Crippen LogP contribution in [0.3, 0.4) is 0 Å². The Hall–Kier alpha value is -0.340. The molecule has 13 heavy (non-hydrogen) atoms. The molecule has 1 aliphatic carbocycles. The third kappa shape index (κ3) is 2.12. The molecule has 1 aromatic heterocycles. The number of hydrogen-bond acceptors (Lipinski definition) is 2. The fourth-order valence-corrected chi connectivity index (χ4v) is 3.11. The van der Waals surface area contributed by atoms with Crippen molar-refractivity contribution in [1.82, 2.24) is 5.32 Å². The van der Waals surface area contributed by atoms with Crippen LogP contribution < -0.4 is 5.32 Å². The van der Waals surface area contributed by atoms with E-state index < -0.39 is 0 Å². The van der Waals surface area contributed by atoms with Gasteiger partial charge in [-0.15, -0.1) is 11.3 Å². The van der Waals surface area contributed by atoms with Crippen molar-refractivity contribution in [2.24, 2.45) is 0 Å².